The molecule has 2 nitrogen and oxygen atoms in total. The molecule has 0 amide bonds. The number of hydrogen-bond acceptors (Lipinski definition) is 4. The SMILES string of the molecule is COC(=O)CC1(CSCc2ccc(Cl)s2)CC1. The largest absolute Gasteiger partial charge is 0.469 e. The Morgan fingerprint density at radius 3 is 2.88 bits per heavy atom. The van der Waals surface area contributed by atoms with Gasteiger partial charge < -0.3 is 4.74 Å². The van der Waals surface area contributed by atoms with Crippen molar-refractivity contribution in [1.82, 2.24) is 0 Å². The number of carbonyl (C=O) groups excluding carboxylic acids is 1. The zero-order valence-electron chi connectivity index (χ0n) is 9.70. The lowest BCUT2D eigenvalue weighted by molar-refractivity contribution is -0.141. The molecule has 5 heteroatoms. The summed E-state index contributed by atoms with van der Waals surface area (Å²) in [6.07, 6.45) is 2.88. The lowest BCUT2D eigenvalue weighted by atomic mass is 10.1. The lowest BCUT2D eigenvalue weighted by Gasteiger charge is -2.12. The monoisotopic (exact) mass is 290 g/mol. The maximum Gasteiger partial charge on any atom is 0.306 e. The van der Waals surface area contributed by atoms with Crippen molar-refractivity contribution >= 4 is 40.7 Å². The van der Waals surface area contributed by atoms with E-state index >= 15 is 0 Å². The molecule has 0 aromatic carbocycles. The first-order valence-electron chi connectivity index (χ1n) is 5.52. The van der Waals surface area contributed by atoms with Crippen LogP contribution in [0.5, 0.6) is 0 Å². The van der Waals surface area contributed by atoms with Gasteiger partial charge in [-0.1, -0.05) is 11.6 Å². The zero-order valence-corrected chi connectivity index (χ0v) is 12.1. The van der Waals surface area contributed by atoms with Gasteiger partial charge in [-0.05, 0) is 36.1 Å². The van der Waals surface area contributed by atoms with Gasteiger partial charge in [-0.2, -0.15) is 11.8 Å². The third-order valence-corrected chi connectivity index (χ3v) is 5.73. The van der Waals surface area contributed by atoms with E-state index in [1.807, 2.05) is 17.8 Å². The van der Waals surface area contributed by atoms with E-state index in [1.54, 1.807) is 11.3 Å². The van der Waals surface area contributed by atoms with Gasteiger partial charge in [0.25, 0.3) is 0 Å². The van der Waals surface area contributed by atoms with Gasteiger partial charge in [-0.3, -0.25) is 4.79 Å². The summed E-state index contributed by atoms with van der Waals surface area (Å²) in [7, 11) is 1.46. The average molecular weight is 291 g/mol. The van der Waals surface area contributed by atoms with Crippen LogP contribution in [0.1, 0.15) is 24.1 Å². The van der Waals surface area contributed by atoms with Crippen molar-refractivity contribution in [3.05, 3.63) is 21.3 Å². The van der Waals surface area contributed by atoms with Gasteiger partial charge in [-0.25, -0.2) is 0 Å². The third-order valence-electron chi connectivity index (χ3n) is 2.99. The van der Waals surface area contributed by atoms with Gasteiger partial charge in [-0.15, -0.1) is 11.3 Å². The maximum atomic E-state index is 11.3. The molecule has 2 rings (SSSR count). The highest BCUT2D eigenvalue weighted by Gasteiger charge is 2.44. The summed E-state index contributed by atoms with van der Waals surface area (Å²) >= 11 is 9.39. The van der Waals surface area contributed by atoms with E-state index in [2.05, 4.69) is 6.07 Å². The number of hydrogen-bond donors (Lipinski definition) is 0. The Balaban J connectivity index is 1.73. The molecule has 1 heterocycles. The predicted molar refractivity (Wildman–Crippen MR) is 73.8 cm³/mol. The number of halogens is 1. The van der Waals surface area contributed by atoms with Crippen LogP contribution < -0.4 is 0 Å². The number of thiophene rings is 1. The lowest BCUT2D eigenvalue weighted by Crippen LogP contribution is -2.13. The molecule has 1 aliphatic rings. The standard InChI is InChI=1S/C12H15ClO2S2/c1-15-11(14)6-12(4-5-12)8-16-7-9-2-3-10(13)17-9/h2-3H,4-8H2,1H3. The Bertz CT molecular complexity index is 399. The molecule has 1 fully saturated rings. The Morgan fingerprint density at radius 2 is 2.35 bits per heavy atom. The molecular formula is C12H15ClO2S2. The highest BCUT2D eigenvalue weighted by atomic mass is 35.5. The van der Waals surface area contributed by atoms with Crippen molar-refractivity contribution in [2.75, 3.05) is 12.9 Å². The maximum absolute atomic E-state index is 11.3. The summed E-state index contributed by atoms with van der Waals surface area (Å²) in [5.74, 6) is 1.94. The molecule has 1 aromatic heterocycles. The van der Waals surface area contributed by atoms with E-state index in [-0.39, 0.29) is 11.4 Å². The Hall–Kier alpha value is -0.190. The number of thioether (sulfide) groups is 1. The van der Waals surface area contributed by atoms with Crippen LogP contribution in [-0.2, 0) is 15.3 Å². The molecule has 17 heavy (non-hydrogen) atoms. The summed E-state index contributed by atoms with van der Waals surface area (Å²) in [5.41, 5.74) is 0.221. The number of ether oxygens (including phenoxy) is 1. The van der Waals surface area contributed by atoms with Crippen molar-refractivity contribution in [3.8, 4) is 0 Å². The first-order valence-corrected chi connectivity index (χ1v) is 7.87. The van der Waals surface area contributed by atoms with Crippen molar-refractivity contribution in [2.45, 2.75) is 25.0 Å². The Labute approximate surface area is 115 Å². The normalized spacial score (nSPS) is 16.8. The fraction of sp³-hybridized carbons (Fsp3) is 0.583. The summed E-state index contributed by atoms with van der Waals surface area (Å²) in [6.45, 7) is 0. The van der Waals surface area contributed by atoms with E-state index in [4.69, 9.17) is 16.3 Å². The van der Waals surface area contributed by atoms with Crippen LogP contribution in [0.25, 0.3) is 0 Å². The van der Waals surface area contributed by atoms with Gasteiger partial charge >= 0.3 is 5.97 Å². The highest BCUT2D eigenvalue weighted by molar-refractivity contribution is 7.98. The molecule has 1 saturated carbocycles. The van der Waals surface area contributed by atoms with Gasteiger partial charge in [0.2, 0.25) is 0 Å². The Kier molecular flexibility index (Phi) is 4.39. The van der Waals surface area contributed by atoms with Crippen molar-refractivity contribution in [1.29, 1.82) is 0 Å². The van der Waals surface area contributed by atoms with E-state index < -0.39 is 0 Å². The van der Waals surface area contributed by atoms with Crippen LogP contribution in [0.3, 0.4) is 0 Å². The molecular weight excluding hydrogens is 276 g/mol. The van der Waals surface area contributed by atoms with Crippen molar-refractivity contribution < 1.29 is 9.53 Å². The summed E-state index contributed by atoms with van der Waals surface area (Å²) < 4.78 is 5.57. The molecule has 0 spiro atoms. The van der Waals surface area contributed by atoms with E-state index in [9.17, 15) is 4.79 Å². The minimum Gasteiger partial charge on any atom is -0.469 e. The molecule has 0 unspecified atom stereocenters. The fourth-order valence-corrected chi connectivity index (χ4v) is 4.32. The minimum absolute atomic E-state index is 0.0812. The van der Waals surface area contributed by atoms with E-state index in [0.29, 0.717) is 6.42 Å². The predicted octanol–water partition coefficient (Wildman–Crippen LogP) is 3.98. The van der Waals surface area contributed by atoms with Crippen LogP contribution in [0.2, 0.25) is 4.34 Å². The van der Waals surface area contributed by atoms with Gasteiger partial charge in [0.15, 0.2) is 0 Å². The molecule has 0 saturated heterocycles. The zero-order chi connectivity index (χ0) is 12.3. The van der Waals surface area contributed by atoms with Crippen LogP contribution in [0.4, 0.5) is 0 Å². The summed E-state index contributed by atoms with van der Waals surface area (Å²) in [6, 6.07) is 4.00. The molecule has 0 atom stereocenters. The summed E-state index contributed by atoms with van der Waals surface area (Å²) in [5, 5.41) is 0. The van der Waals surface area contributed by atoms with Crippen LogP contribution in [0, 0.1) is 5.41 Å². The second-order valence-electron chi connectivity index (χ2n) is 4.45. The molecule has 0 bridgehead atoms. The van der Waals surface area contributed by atoms with Crippen LogP contribution >= 0.6 is 34.7 Å². The average Bonchev–Trinajstić information content (AvgIpc) is 2.93. The molecule has 1 aliphatic carbocycles. The molecule has 0 aliphatic heterocycles. The number of rotatable bonds is 6. The van der Waals surface area contributed by atoms with E-state index in [1.165, 1.54) is 12.0 Å². The van der Waals surface area contributed by atoms with Crippen LogP contribution in [0.15, 0.2) is 12.1 Å². The molecule has 94 valence electrons. The second kappa shape index (κ2) is 5.63. The number of methoxy groups -OCH3 is 1. The van der Waals surface area contributed by atoms with Gasteiger partial charge in [0.1, 0.15) is 0 Å². The highest BCUT2D eigenvalue weighted by Crippen LogP contribution is 2.51. The molecule has 0 N–H and O–H groups in total. The van der Waals surface area contributed by atoms with E-state index in [0.717, 1.165) is 28.7 Å². The van der Waals surface area contributed by atoms with Crippen molar-refractivity contribution in [2.24, 2.45) is 5.41 Å². The molecule has 1 aromatic rings. The Morgan fingerprint density at radius 1 is 1.59 bits per heavy atom. The first-order chi connectivity index (χ1) is 8.13. The quantitative estimate of drug-likeness (QED) is 0.741. The second-order valence-corrected chi connectivity index (χ2v) is 7.24. The number of esters is 1. The van der Waals surface area contributed by atoms with Crippen LogP contribution in [-0.4, -0.2) is 18.8 Å². The van der Waals surface area contributed by atoms with Crippen molar-refractivity contribution in [3.63, 3.8) is 0 Å². The fourth-order valence-electron chi connectivity index (χ4n) is 1.72. The summed E-state index contributed by atoms with van der Waals surface area (Å²) in [4.78, 5) is 12.6. The smallest absolute Gasteiger partial charge is 0.306 e. The minimum atomic E-state index is -0.0812. The number of carbonyl (C=O) groups is 1. The molecule has 0 radical (unpaired) electrons. The van der Waals surface area contributed by atoms with Gasteiger partial charge in [0, 0.05) is 10.6 Å². The topological polar surface area (TPSA) is 26.3 Å². The third kappa shape index (κ3) is 3.90. The first kappa shape index (κ1) is 13.2. The van der Waals surface area contributed by atoms with Gasteiger partial charge in [0.05, 0.1) is 17.9 Å².